The van der Waals surface area contributed by atoms with Crippen LogP contribution in [0.1, 0.15) is 21.6 Å². The number of benzene rings is 1. The predicted molar refractivity (Wildman–Crippen MR) is 155 cm³/mol. The molecule has 2 amide bonds. The molecule has 39 heavy (non-hydrogen) atoms. The molecule has 0 unspecified atom stereocenters. The maximum atomic E-state index is 13.1. The lowest BCUT2D eigenvalue weighted by molar-refractivity contribution is 0.0786. The minimum Gasteiger partial charge on any atom is -0.453 e. The van der Waals surface area contributed by atoms with Gasteiger partial charge in [-0.25, -0.2) is 14.5 Å². The number of aryl methyl sites for hydroxylation is 1. The van der Waals surface area contributed by atoms with E-state index in [0.29, 0.717) is 23.7 Å². The number of pyridine rings is 1. The zero-order valence-corrected chi connectivity index (χ0v) is 24.5. The number of hydrogen-bond donors (Lipinski definition) is 1. The average Bonchev–Trinajstić information content (AvgIpc) is 3.52. The van der Waals surface area contributed by atoms with Crippen LogP contribution in [-0.4, -0.2) is 82.9 Å². The van der Waals surface area contributed by atoms with Crippen molar-refractivity contribution in [2.75, 3.05) is 46.7 Å². The first-order valence-corrected chi connectivity index (χ1v) is 13.9. The number of amides is 2. The number of ether oxygens (including phenoxy) is 1. The zero-order chi connectivity index (χ0) is 27.7. The highest BCUT2D eigenvalue weighted by molar-refractivity contribution is 9.10. The van der Waals surface area contributed by atoms with E-state index < -0.39 is 6.09 Å². The van der Waals surface area contributed by atoms with E-state index in [1.54, 1.807) is 17.3 Å². The van der Waals surface area contributed by atoms with Crippen LogP contribution in [0.15, 0.2) is 47.2 Å². The fraction of sp³-hybridized carbons (Fsp3) is 0.296. The number of halogens is 1. The van der Waals surface area contributed by atoms with Crippen molar-refractivity contribution >= 4 is 44.4 Å². The number of carbonyl (C=O) groups excluding carboxylic acids is 2. The molecule has 12 heteroatoms. The second kappa shape index (κ2) is 11.2. The van der Waals surface area contributed by atoms with Gasteiger partial charge >= 0.3 is 6.09 Å². The largest absolute Gasteiger partial charge is 0.453 e. The summed E-state index contributed by atoms with van der Waals surface area (Å²) < 4.78 is 7.38. The van der Waals surface area contributed by atoms with Crippen LogP contribution in [0.3, 0.4) is 0 Å². The SMILES string of the molecule is COC(=O)Nc1nc2c(s1)-c1c(c(-c3cccnc3)nn1-c1ccc(C(=O)N(C)CCN(C)C)cc1Br)CC2. The van der Waals surface area contributed by atoms with Gasteiger partial charge in [-0.05, 0) is 73.2 Å². The molecule has 202 valence electrons. The number of methoxy groups -OCH3 is 1. The molecule has 1 aliphatic rings. The maximum Gasteiger partial charge on any atom is 0.413 e. The van der Waals surface area contributed by atoms with Crippen molar-refractivity contribution in [1.82, 2.24) is 29.5 Å². The third-order valence-corrected chi connectivity index (χ3v) is 8.14. The van der Waals surface area contributed by atoms with Gasteiger partial charge in [0, 0.05) is 53.7 Å². The summed E-state index contributed by atoms with van der Waals surface area (Å²) in [5.41, 5.74) is 6.02. The van der Waals surface area contributed by atoms with E-state index in [0.717, 1.165) is 56.2 Å². The van der Waals surface area contributed by atoms with Crippen LogP contribution in [0, 0.1) is 0 Å². The van der Waals surface area contributed by atoms with Crippen LogP contribution in [0.25, 0.3) is 27.5 Å². The van der Waals surface area contributed by atoms with Crippen molar-refractivity contribution < 1.29 is 14.3 Å². The molecular weight excluding hydrogens is 582 g/mol. The fourth-order valence-corrected chi connectivity index (χ4v) is 6.06. The summed E-state index contributed by atoms with van der Waals surface area (Å²) in [6, 6.07) is 9.45. The lowest BCUT2D eigenvalue weighted by Crippen LogP contribution is -2.33. The van der Waals surface area contributed by atoms with Crippen LogP contribution >= 0.6 is 27.3 Å². The van der Waals surface area contributed by atoms with Gasteiger partial charge in [0.15, 0.2) is 5.13 Å². The van der Waals surface area contributed by atoms with Crippen molar-refractivity contribution in [2.24, 2.45) is 0 Å². The molecule has 0 radical (unpaired) electrons. The van der Waals surface area contributed by atoms with Gasteiger partial charge in [0.05, 0.1) is 34.8 Å². The van der Waals surface area contributed by atoms with Crippen LogP contribution in [0.4, 0.5) is 9.93 Å². The lowest BCUT2D eigenvalue weighted by atomic mass is 9.95. The molecule has 0 fully saturated rings. The summed E-state index contributed by atoms with van der Waals surface area (Å²) >= 11 is 5.09. The molecule has 3 heterocycles. The molecule has 5 rings (SSSR count). The van der Waals surface area contributed by atoms with Gasteiger partial charge in [-0.15, -0.1) is 0 Å². The van der Waals surface area contributed by atoms with E-state index in [1.165, 1.54) is 18.4 Å². The van der Waals surface area contributed by atoms with E-state index >= 15 is 0 Å². The Hall–Kier alpha value is -3.61. The smallest absolute Gasteiger partial charge is 0.413 e. The van der Waals surface area contributed by atoms with Crippen LogP contribution in [0.2, 0.25) is 0 Å². The topological polar surface area (TPSA) is 105 Å². The molecule has 1 aromatic carbocycles. The Kier molecular flexibility index (Phi) is 7.78. The molecule has 0 atom stereocenters. The number of nitrogens with zero attached hydrogens (tertiary/aromatic N) is 6. The Balaban J connectivity index is 1.59. The highest BCUT2D eigenvalue weighted by Crippen LogP contribution is 2.44. The monoisotopic (exact) mass is 609 g/mol. The van der Waals surface area contributed by atoms with Gasteiger partial charge < -0.3 is 14.5 Å². The van der Waals surface area contributed by atoms with Crippen molar-refractivity contribution in [3.63, 3.8) is 0 Å². The summed E-state index contributed by atoms with van der Waals surface area (Å²) in [6.07, 6.45) is 4.43. The van der Waals surface area contributed by atoms with Crippen molar-refractivity contribution in [2.45, 2.75) is 12.8 Å². The predicted octanol–water partition coefficient (Wildman–Crippen LogP) is 4.73. The summed E-state index contributed by atoms with van der Waals surface area (Å²) in [5, 5.41) is 8.21. The van der Waals surface area contributed by atoms with E-state index in [2.05, 4.69) is 31.2 Å². The molecule has 0 spiro atoms. The number of thiazole rings is 1. The summed E-state index contributed by atoms with van der Waals surface area (Å²) in [5.74, 6) is -0.0501. The highest BCUT2D eigenvalue weighted by atomic mass is 79.9. The van der Waals surface area contributed by atoms with E-state index in [4.69, 9.17) is 9.84 Å². The van der Waals surface area contributed by atoms with E-state index in [1.807, 2.05) is 61.1 Å². The third kappa shape index (κ3) is 5.45. The maximum absolute atomic E-state index is 13.1. The Morgan fingerprint density at radius 2 is 2.00 bits per heavy atom. The second-order valence-electron chi connectivity index (χ2n) is 9.44. The molecule has 4 aromatic rings. The number of carbonyl (C=O) groups is 2. The number of aromatic nitrogens is 4. The van der Waals surface area contributed by atoms with Crippen molar-refractivity contribution in [3.05, 3.63) is 64.0 Å². The van der Waals surface area contributed by atoms with Crippen molar-refractivity contribution in [1.29, 1.82) is 0 Å². The minimum atomic E-state index is -0.565. The Labute approximate surface area is 238 Å². The summed E-state index contributed by atoms with van der Waals surface area (Å²) in [4.78, 5) is 38.5. The number of rotatable bonds is 7. The standard InChI is InChI=1S/C27H28BrN7O3S/c1-33(2)12-13-34(3)25(36)16-7-10-21(19(28)14-16)35-23-18(22(32-35)17-6-5-11-29-15-17)8-9-20-24(23)39-26(30-20)31-27(37)38-4/h5-7,10-11,14-15H,8-9,12-13H2,1-4H3,(H,30,31,37). The zero-order valence-electron chi connectivity index (χ0n) is 22.1. The van der Waals surface area contributed by atoms with Gasteiger partial charge in [0.2, 0.25) is 0 Å². The van der Waals surface area contributed by atoms with Crippen molar-refractivity contribution in [3.8, 4) is 27.5 Å². The number of nitrogens with one attached hydrogen (secondary N) is 1. The van der Waals surface area contributed by atoms with Gasteiger partial charge in [0.25, 0.3) is 5.91 Å². The Morgan fingerprint density at radius 3 is 2.69 bits per heavy atom. The van der Waals surface area contributed by atoms with Gasteiger partial charge in [0.1, 0.15) is 0 Å². The first-order chi connectivity index (χ1) is 18.8. The first kappa shape index (κ1) is 27.0. The molecule has 0 bridgehead atoms. The summed E-state index contributed by atoms with van der Waals surface area (Å²) in [6.45, 7) is 1.41. The van der Waals surface area contributed by atoms with Gasteiger partial charge in [-0.3, -0.25) is 15.1 Å². The number of fused-ring (bicyclic) bond motifs is 3. The highest BCUT2D eigenvalue weighted by Gasteiger charge is 2.31. The summed E-state index contributed by atoms with van der Waals surface area (Å²) in [7, 11) is 7.10. The van der Waals surface area contributed by atoms with E-state index in [9.17, 15) is 9.59 Å². The normalized spacial score (nSPS) is 12.2. The Morgan fingerprint density at radius 1 is 1.18 bits per heavy atom. The molecule has 1 aliphatic carbocycles. The first-order valence-electron chi connectivity index (χ1n) is 12.3. The number of hydrogen-bond acceptors (Lipinski definition) is 8. The third-order valence-electron chi connectivity index (χ3n) is 6.49. The molecule has 0 saturated carbocycles. The molecule has 1 N–H and O–H groups in total. The molecule has 0 aliphatic heterocycles. The van der Waals surface area contributed by atoms with Crippen LogP contribution in [0.5, 0.6) is 0 Å². The fourth-order valence-electron chi connectivity index (χ4n) is 4.45. The second-order valence-corrected chi connectivity index (χ2v) is 11.3. The number of anilines is 1. The lowest BCUT2D eigenvalue weighted by Gasteiger charge is -2.20. The minimum absolute atomic E-state index is 0.0501. The molecular formula is C27H28BrN7O3S. The average molecular weight is 611 g/mol. The van der Waals surface area contributed by atoms with Gasteiger partial charge in [-0.2, -0.15) is 5.10 Å². The molecule has 10 nitrogen and oxygen atoms in total. The Bertz CT molecular complexity index is 1530. The molecule has 0 saturated heterocycles. The van der Waals surface area contributed by atoms with Crippen LogP contribution in [-0.2, 0) is 17.6 Å². The number of likely N-dealkylation sites (N-methyl/N-ethyl adjacent to an activating group) is 2. The van der Waals surface area contributed by atoms with E-state index in [-0.39, 0.29) is 5.91 Å². The quantitative estimate of drug-likeness (QED) is 0.323. The molecule has 3 aromatic heterocycles. The van der Waals surface area contributed by atoms with Gasteiger partial charge in [-0.1, -0.05) is 11.3 Å². The van der Waals surface area contributed by atoms with Crippen LogP contribution < -0.4 is 5.32 Å².